The van der Waals surface area contributed by atoms with Crippen molar-refractivity contribution < 1.29 is 0 Å². The van der Waals surface area contributed by atoms with Crippen LogP contribution in [0.2, 0.25) is 0 Å². The minimum absolute atomic E-state index is 0.830. The summed E-state index contributed by atoms with van der Waals surface area (Å²) in [5.41, 5.74) is 9.19. The molecule has 1 nitrogen and oxygen atoms in total. The maximum atomic E-state index is 5.65. The molecule has 0 amide bonds. The van der Waals surface area contributed by atoms with E-state index in [1.54, 1.807) is 0 Å². The number of nitrogen functional groups attached to an aromatic ring is 1. The van der Waals surface area contributed by atoms with Crippen molar-refractivity contribution in [1.29, 1.82) is 0 Å². The van der Waals surface area contributed by atoms with Gasteiger partial charge in [-0.2, -0.15) is 11.8 Å². The van der Waals surface area contributed by atoms with Crippen molar-refractivity contribution in [2.45, 2.75) is 11.5 Å². The second-order valence-corrected chi connectivity index (χ2v) is 6.09. The topological polar surface area (TPSA) is 26.0 Å². The molecule has 0 bridgehead atoms. The fraction of sp³-hybridized carbons (Fsp3) is 0.143. The highest BCUT2D eigenvalue weighted by Gasteiger charge is 1.96. The fourth-order valence-electron chi connectivity index (χ4n) is 1.48. The van der Waals surface area contributed by atoms with Crippen LogP contribution in [0.4, 0.5) is 5.69 Å². The largest absolute Gasteiger partial charge is 0.399 e. The van der Waals surface area contributed by atoms with Gasteiger partial charge in [0.25, 0.3) is 0 Å². The maximum Gasteiger partial charge on any atom is 0.0314 e. The Hall–Kier alpha value is -0.680. The van der Waals surface area contributed by atoms with Gasteiger partial charge in [0.05, 0.1) is 0 Å². The molecule has 0 fully saturated rings. The Morgan fingerprint density at radius 3 is 1.82 bits per heavy atom. The third-order valence-corrected chi connectivity index (χ3v) is 4.22. The third kappa shape index (κ3) is 4.24. The summed E-state index contributed by atoms with van der Waals surface area (Å²) in [6.45, 7) is 0. The molecule has 0 unspecified atom stereocenters. The van der Waals surface area contributed by atoms with Gasteiger partial charge in [-0.3, -0.25) is 0 Å². The molecule has 0 aromatic heterocycles. The van der Waals surface area contributed by atoms with Crippen molar-refractivity contribution in [2.24, 2.45) is 0 Å². The van der Waals surface area contributed by atoms with Gasteiger partial charge in [0.2, 0.25) is 0 Å². The summed E-state index contributed by atoms with van der Waals surface area (Å²) in [4.78, 5) is 0. The molecule has 2 N–H and O–H groups in total. The van der Waals surface area contributed by atoms with Crippen LogP contribution in [0.5, 0.6) is 0 Å². The zero-order chi connectivity index (χ0) is 12.1. The van der Waals surface area contributed by atoms with E-state index in [1.165, 1.54) is 14.7 Å². The van der Waals surface area contributed by atoms with Crippen molar-refractivity contribution in [3.8, 4) is 0 Å². The van der Waals surface area contributed by atoms with E-state index in [9.17, 15) is 0 Å². The number of rotatable bonds is 4. The van der Waals surface area contributed by atoms with Crippen LogP contribution in [0, 0.1) is 3.57 Å². The van der Waals surface area contributed by atoms with E-state index in [1.807, 2.05) is 23.9 Å². The van der Waals surface area contributed by atoms with E-state index in [-0.39, 0.29) is 0 Å². The normalized spacial score (nSPS) is 10.4. The van der Waals surface area contributed by atoms with E-state index in [0.717, 1.165) is 17.2 Å². The summed E-state index contributed by atoms with van der Waals surface area (Å²) in [6.07, 6.45) is 0. The third-order valence-electron chi connectivity index (χ3n) is 2.43. The van der Waals surface area contributed by atoms with Crippen molar-refractivity contribution >= 4 is 40.0 Å². The Kier molecular flexibility index (Phi) is 4.74. The molecular weight excluding hydrogens is 341 g/mol. The molecule has 17 heavy (non-hydrogen) atoms. The van der Waals surface area contributed by atoms with E-state index in [4.69, 9.17) is 5.73 Å². The molecule has 0 atom stereocenters. The molecule has 2 rings (SSSR count). The lowest BCUT2D eigenvalue weighted by atomic mass is 10.2. The quantitative estimate of drug-likeness (QED) is 0.654. The van der Waals surface area contributed by atoms with Crippen molar-refractivity contribution in [1.82, 2.24) is 0 Å². The van der Waals surface area contributed by atoms with Crippen LogP contribution in [0.1, 0.15) is 11.1 Å². The Morgan fingerprint density at radius 1 is 0.824 bits per heavy atom. The Bertz CT molecular complexity index is 419. The number of benzene rings is 2. The number of halogens is 1. The number of anilines is 1. The molecule has 0 aliphatic carbocycles. The molecule has 0 spiro atoms. The van der Waals surface area contributed by atoms with Crippen LogP contribution in [-0.2, 0) is 11.5 Å². The Morgan fingerprint density at radius 2 is 1.29 bits per heavy atom. The summed E-state index contributed by atoms with van der Waals surface area (Å²) < 4.78 is 1.29. The SMILES string of the molecule is Nc1ccc(CSCc2ccc(I)cc2)cc1. The predicted octanol–water partition coefficient (Wildman–Crippen LogP) is 4.31. The lowest BCUT2D eigenvalue weighted by molar-refractivity contribution is 1.36. The van der Waals surface area contributed by atoms with Crippen LogP contribution in [-0.4, -0.2) is 0 Å². The van der Waals surface area contributed by atoms with Crippen LogP contribution in [0.25, 0.3) is 0 Å². The van der Waals surface area contributed by atoms with E-state index >= 15 is 0 Å². The Balaban J connectivity index is 1.83. The number of thioether (sulfide) groups is 1. The second-order valence-electron chi connectivity index (χ2n) is 3.86. The molecular formula is C14H14INS. The van der Waals surface area contributed by atoms with Gasteiger partial charge in [0, 0.05) is 20.8 Å². The molecule has 0 radical (unpaired) electrons. The summed E-state index contributed by atoms with van der Waals surface area (Å²) >= 11 is 4.26. The minimum atomic E-state index is 0.830. The molecule has 3 heteroatoms. The molecule has 2 aromatic carbocycles. The molecule has 0 saturated heterocycles. The van der Waals surface area contributed by atoms with Crippen molar-refractivity contribution in [3.05, 3.63) is 63.2 Å². The van der Waals surface area contributed by atoms with Crippen LogP contribution < -0.4 is 5.73 Å². The minimum Gasteiger partial charge on any atom is -0.399 e. The highest BCUT2D eigenvalue weighted by Crippen LogP contribution is 2.19. The molecule has 0 aliphatic rings. The highest BCUT2D eigenvalue weighted by molar-refractivity contribution is 14.1. The molecule has 88 valence electrons. The van der Waals surface area contributed by atoms with Crippen molar-refractivity contribution in [2.75, 3.05) is 5.73 Å². The van der Waals surface area contributed by atoms with Gasteiger partial charge in [0.1, 0.15) is 0 Å². The van der Waals surface area contributed by atoms with E-state index in [2.05, 4.69) is 59.0 Å². The van der Waals surface area contributed by atoms with E-state index < -0.39 is 0 Å². The van der Waals surface area contributed by atoms with Gasteiger partial charge in [-0.25, -0.2) is 0 Å². The second kappa shape index (κ2) is 6.31. The van der Waals surface area contributed by atoms with Crippen LogP contribution in [0.15, 0.2) is 48.5 Å². The summed E-state index contributed by atoms with van der Waals surface area (Å²) in [5, 5.41) is 0. The maximum absolute atomic E-state index is 5.65. The summed E-state index contributed by atoms with van der Waals surface area (Å²) in [5.74, 6) is 2.09. The molecule has 0 aliphatic heterocycles. The highest BCUT2D eigenvalue weighted by atomic mass is 127. The van der Waals surface area contributed by atoms with Gasteiger partial charge in [-0.05, 0) is 58.0 Å². The van der Waals surface area contributed by atoms with Gasteiger partial charge < -0.3 is 5.73 Å². The number of nitrogens with two attached hydrogens (primary N) is 1. The van der Waals surface area contributed by atoms with Gasteiger partial charge in [-0.15, -0.1) is 0 Å². The van der Waals surface area contributed by atoms with Gasteiger partial charge >= 0.3 is 0 Å². The van der Waals surface area contributed by atoms with Crippen LogP contribution in [0.3, 0.4) is 0 Å². The lowest BCUT2D eigenvalue weighted by Gasteiger charge is -2.03. The number of hydrogen-bond donors (Lipinski definition) is 1. The van der Waals surface area contributed by atoms with E-state index in [0.29, 0.717) is 0 Å². The molecule has 0 heterocycles. The first-order valence-electron chi connectivity index (χ1n) is 5.40. The van der Waals surface area contributed by atoms with Gasteiger partial charge in [0.15, 0.2) is 0 Å². The predicted molar refractivity (Wildman–Crippen MR) is 85.0 cm³/mol. The Labute approximate surface area is 120 Å². The van der Waals surface area contributed by atoms with Gasteiger partial charge in [-0.1, -0.05) is 24.3 Å². The molecule has 0 saturated carbocycles. The first-order chi connectivity index (χ1) is 8.24. The van der Waals surface area contributed by atoms with Crippen LogP contribution >= 0.6 is 34.4 Å². The first-order valence-corrected chi connectivity index (χ1v) is 7.64. The fourth-order valence-corrected chi connectivity index (χ4v) is 2.80. The monoisotopic (exact) mass is 355 g/mol. The zero-order valence-corrected chi connectivity index (χ0v) is 12.4. The molecule has 2 aromatic rings. The summed E-state index contributed by atoms with van der Waals surface area (Å²) in [6, 6.07) is 16.8. The zero-order valence-electron chi connectivity index (χ0n) is 9.40. The number of hydrogen-bond acceptors (Lipinski definition) is 2. The lowest BCUT2D eigenvalue weighted by Crippen LogP contribution is -1.86. The standard InChI is InChI=1S/C14H14INS/c15-13-5-1-11(2-6-13)9-17-10-12-3-7-14(16)8-4-12/h1-8H,9-10,16H2. The average Bonchev–Trinajstić information content (AvgIpc) is 2.34. The summed E-state index contributed by atoms with van der Waals surface area (Å²) in [7, 11) is 0. The first kappa shape index (κ1) is 12.8. The smallest absolute Gasteiger partial charge is 0.0314 e. The average molecular weight is 355 g/mol. The van der Waals surface area contributed by atoms with Crippen molar-refractivity contribution in [3.63, 3.8) is 0 Å².